The zero-order valence-electron chi connectivity index (χ0n) is 4.75. The third kappa shape index (κ3) is 6.27. The van der Waals surface area contributed by atoms with Gasteiger partial charge in [0.2, 0.25) is 0 Å². The van der Waals surface area contributed by atoms with Gasteiger partial charge in [-0.25, -0.2) is 0 Å². The molecule has 0 unspecified atom stereocenters. The van der Waals surface area contributed by atoms with E-state index in [9.17, 15) is 0 Å². The number of hydrogen-bond acceptors (Lipinski definition) is 4. The van der Waals surface area contributed by atoms with Crippen molar-refractivity contribution in [3.05, 3.63) is 6.29 Å². The van der Waals surface area contributed by atoms with Crippen LogP contribution in [0.4, 0.5) is 0 Å². The summed E-state index contributed by atoms with van der Waals surface area (Å²) < 4.78 is 4.16. The Hall–Kier alpha value is 0.270. The van der Waals surface area contributed by atoms with E-state index in [2.05, 4.69) is 4.52 Å². The molecule has 0 aromatic heterocycles. The van der Waals surface area contributed by atoms with Gasteiger partial charge in [-0.1, -0.05) is 0 Å². The van der Waals surface area contributed by atoms with Crippen LogP contribution in [0.5, 0.6) is 0 Å². The quantitative estimate of drug-likeness (QED) is 0.473. The third-order valence-electron chi connectivity index (χ3n) is 0.341. The van der Waals surface area contributed by atoms with Gasteiger partial charge in [0.15, 0.2) is 0 Å². The van der Waals surface area contributed by atoms with Gasteiger partial charge in [-0.15, -0.1) is 0 Å². The van der Waals surface area contributed by atoms with Crippen LogP contribution in [0.2, 0.25) is 0 Å². The zero-order chi connectivity index (χ0) is 6.78. The van der Waals surface area contributed by atoms with Crippen LogP contribution in [0.1, 0.15) is 6.92 Å². The minimum atomic E-state index is -3.51. The van der Waals surface area contributed by atoms with E-state index in [4.69, 9.17) is 14.9 Å². The molecule has 0 heterocycles. The standard InChI is InChI=1S/C3H10O4P/c1-3(4)7-8(2,5)6/h4-6,8H,1-2H3. The Labute approximate surface area is 48.3 Å². The summed E-state index contributed by atoms with van der Waals surface area (Å²) in [4.78, 5) is 17.0. The molecular formula is C3H10O4P. The van der Waals surface area contributed by atoms with Crippen molar-refractivity contribution >= 4 is 7.94 Å². The first kappa shape index (κ1) is 8.27. The van der Waals surface area contributed by atoms with E-state index in [1.54, 1.807) is 0 Å². The molecule has 0 rings (SSSR count). The van der Waals surface area contributed by atoms with Crippen LogP contribution in [-0.4, -0.2) is 21.6 Å². The molecular weight excluding hydrogens is 131 g/mol. The number of aliphatic hydroxyl groups excluding tert-OH is 1. The van der Waals surface area contributed by atoms with Crippen molar-refractivity contribution in [3.8, 4) is 0 Å². The van der Waals surface area contributed by atoms with Crippen LogP contribution in [0, 0.1) is 6.29 Å². The fourth-order valence-electron chi connectivity index (χ4n) is 0.280. The molecule has 0 fully saturated rings. The summed E-state index contributed by atoms with van der Waals surface area (Å²) in [5, 5.41) is 8.30. The summed E-state index contributed by atoms with van der Waals surface area (Å²) in [6, 6.07) is 0. The van der Waals surface area contributed by atoms with E-state index in [0.717, 1.165) is 6.66 Å². The molecule has 0 aliphatic carbocycles. The van der Waals surface area contributed by atoms with Gasteiger partial charge in [0, 0.05) is 0 Å². The zero-order valence-corrected chi connectivity index (χ0v) is 5.75. The number of aliphatic hydroxyl groups is 1. The summed E-state index contributed by atoms with van der Waals surface area (Å²) >= 11 is 0. The molecule has 51 valence electrons. The SMILES string of the molecule is C[C](O)O[PH](C)(O)O. The van der Waals surface area contributed by atoms with E-state index in [1.165, 1.54) is 6.92 Å². The molecule has 0 aromatic rings. The van der Waals surface area contributed by atoms with Crippen LogP contribution in [0.3, 0.4) is 0 Å². The van der Waals surface area contributed by atoms with Gasteiger partial charge in [0.1, 0.15) is 0 Å². The van der Waals surface area contributed by atoms with Crippen LogP contribution < -0.4 is 0 Å². The molecule has 8 heavy (non-hydrogen) atoms. The van der Waals surface area contributed by atoms with Crippen molar-refractivity contribution in [2.24, 2.45) is 0 Å². The molecule has 3 N–H and O–H groups in total. The van der Waals surface area contributed by atoms with E-state index >= 15 is 0 Å². The maximum absolute atomic E-state index is 8.48. The Morgan fingerprint density at radius 3 is 1.88 bits per heavy atom. The molecule has 4 nitrogen and oxygen atoms in total. The topological polar surface area (TPSA) is 69.9 Å². The van der Waals surface area contributed by atoms with Crippen LogP contribution >= 0.6 is 7.94 Å². The molecule has 0 saturated heterocycles. The Bertz CT molecular complexity index is 66.2. The van der Waals surface area contributed by atoms with E-state index in [-0.39, 0.29) is 0 Å². The van der Waals surface area contributed by atoms with E-state index in [0.29, 0.717) is 0 Å². The second-order valence-corrected chi connectivity index (χ2v) is 3.63. The van der Waals surface area contributed by atoms with Crippen molar-refractivity contribution in [3.63, 3.8) is 0 Å². The Morgan fingerprint density at radius 1 is 1.50 bits per heavy atom. The second kappa shape index (κ2) is 2.71. The summed E-state index contributed by atoms with van der Waals surface area (Å²) in [5.74, 6) is 0. The molecule has 0 spiro atoms. The molecule has 0 aliphatic rings. The Balaban J connectivity index is 3.39. The number of rotatable bonds is 2. The molecule has 0 saturated carbocycles. The monoisotopic (exact) mass is 141 g/mol. The van der Waals surface area contributed by atoms with Crippen LogP contribution in [0.15, 0.2) is 0 Å². The van der Waals surface area contributed by atoms with E-state index < -0.39 is 14.2 Å². The fraction of sp³-hybridized carbons (Fsp3) is 0.667. The summed E-state index contributed by atoms with van der Waals surface area (Å²) in [7, 11) is -3.51. The molecule has 0 atom stereocenters. The summed E-state index contributed by atoms with van der Waals surface area (Å²) in [6.07, 6.45) is -0.413. The van der Waals surface area contributed by atoms with Crippen LogP contribution in [-0.2, 0) is 4.52 Å². The van der Waals surface area contributed by atoms with Gasteiger partial charge in [-0.3, -0.25) is 0 Å². The molecule has 0 aliphatic heterocycles. The van der Waals surface area contributed by atoms with Gasteiger partial charge >= 0.3 is 47.2 Å². The maximum atomic E-state index is 8.48. The minimum absolute atomic E-state index is 0.413. The van der Waals surface area contributed by atoms with Crippen molar-refractivity contribution in [2.75, 3.05) is 6.66 Å². The van der Waals surface area contributed by atoms with Crippen molar-refractivity contribution in [1.29, 1.82) is 0 Å². The third-order valence-corrected chi connectivity index (χ3v) is 1.02. The first-order valence-corrected chi connectivity index (χ1v) is 4.38. The van der Waals surface area contributed by atoms with Gasteiger partial charge in [0.05, 0.1) is 0 Å². The molecule has 1 radical (unpaired) electrons. The van der Waals surface area contributed by atoms with Crippen molar-refractivity contribution in [2.45, 2.75) is 6.92 Å². The summed E-state index contributed by atoms with van der Waals surface area (Å²) in [5.41, 5.74) is 0. The second-order valence-electron chi connectivity index (χ2n) is 1.55. The average Bonchev–Trinajstić information content (AvgIpc) is 1.21. The first-order valence-electron chi connectivity index (χ1n) is 2.08. The van der Waals surface area contributed by atoms with Crippen LogP contribution in [0.25, 0.3) is 0 Å². The van der Waals surface area contributed by atoms with Gasteiger partial charge < -0.3 is 0 Å². The first-order chi connectivity index (χ1) is 3.42. The number of hydrogen-bond donors (Lipinski definition) is 3. The molecule has 0 aromatic carbocycles. The Kier molecular flexibility index (Phi) is 2.80. The normalized spacial score (nSPS) is 14.8. The average molecular weight is 141 g/mol. The Morgan fingerprint density at radius 2 is 1.88 bits per heavy atom. The fourth-order valence-corrected chi connectivity index (χ4v) is 0.839. The summed E-state index contributed by atoms with van der Waals surface area (Å²) in [6.45, 7) is 2.37. The van der Waals surface area contributed by atoms with Crippen molar-refractivity contribution in [1.82, 2.24) is 0 Å². The van der Waals surface area contributed by atoms with Gasteiger partial charge in [-0.2, -0.15) is 0 Å². The van der Waals surface area contributed by atoms with Crippen molar-refractivity contribution < 1.29 is 19.4 Å². The molecule has 0 amide bonds. The van der Waals surface area contributed by atoms with E-state index in [1.807, 2.05) is 0 Å². The predicted molar refractivity (Wildman–Crippen MR) is 30.6 cm³/mol. The predicted octanol–water partition coefficient (Wildman–Crippen LogP) is -0.00581. The van der Waals surface area contributed by atoms with Gasteiger partial charge in [-0.05, 0) is 0 Å². The molecule has 5 heteroatoms. The molecule has 0 bridgehead atoms. The van der Waals surface area contributed by atoms with Gasteiger partial charge in [0.25, 0.3) is 0 Å².